The molecule has 1 aromatic rings. The normalized spacial score (nSPS) is 14.1. The average molecular weight is 308 g/mol. The van der Waals surface area contributed by atoms with E-state index in [9.17, 15) is 14.4 Å². The van der Waals surface area contributed by atoms with Crippen molar-refractivity contribution in [3.8, 4) is 0 Å². The topological polar surface area (TPSA) is 75.7 Å². The molecule has 0 unspecified atom stereocenters. The van der Waals surface area contributed by atoms with E-state index in [1.165, 1.54) is 16.7 Å². The van der Waals surface area contributed by atoms with Gasteiger partial charge in [-0.05, 0) is 25.1 Å². The lowest BCUT2D eigenvalue weighted by atomic mass is 10.2. The highest BCUT2D eigenvalue weighted by Crippen LogP contribution is 2.17. The lowest BCUT2D eigenvalue weighted by Crippen LogP contribution is -2.33. The Hall–Kier alpha value is -2.02. The number of nitrogens with one attached hydrogen (secondary N) is 1. The maximum Gasteiger partial charge on any atom is 0.338 e. The van der Waals surface area contributed by atoms with Crippen LogP contribution in [0.4, 0.5) is 10.5 Å². The van der Waals surface area contributed by atoms with Gasteiger partial charge in [0.1, 0.15) is 6.54 Å². The van der Waals surface area contributed by atoms with Gasteiger partial charge in [0, 0.05) is 18.0 Å². The number of hydrogen-bond acceptors (Lipinski definition) is 5. The largest absolute Gasteiger partial charge is 0.462 e. The third-order valence-electron chi connectivity index (χ3n) is 2.84. The lowest BCUT2D eigenvalue weighted by Gasteiger charge is -2.14. The van der Waals surface area contributed by atoms with Crippen molar-refractivity contribution in [2.75, 3.05) is 30.8 Å². The summed E-state index contributed by atoms with van der Waals surface area (Å²) in [6, 6.07) is 6.52. The third-order valence-corrected chi connectivity index (χ3v) is 3.73. The molecule has 1 N–H and O–H groups in total. The molecule has 0 spiro atoms. The summed E-state index contributed by atoms with van der Waals surface area (Å²) in [5.74, 6) is -0.00338. The number of ether oxygens (including phenoxy) is 1. The van der Waals surface area contributed by atoms with Crippen LogP contribution in [0.2, 0.25) is 0 Å². The highest BCUT2D eigenvalue weighted by molar-refractivity contribution is 8.13. The number of thioether (sulfide) groups is 1. The second kappa shape index (κ2) is 7.12. The first kappa shape index (κ1) is 15.4. The molecule has 0 radical (unpaired) electrons. The molecule has 1 aromatic carbocycles. The maximum atomic E-state index is 11.9. The van der Waals surface area contributed by atoms with Gasteiger partial charge >= 0.3 is 5.97 Å². The van der Waals surface area contributed by atoms with Crippen LogP contribution < -0.4 is 5.32 Å². The van der Waals surface area contributed by atoms with Gasteiger partial charge in [0.25, 0.3) is 5.24 Å². The van der Waals surface area contributed by atoms with E-state index in [2.05, 4.69) is 5.32 Å². The summed E-state index contributed by atoms with van der Waals surface area (Å²) < 4.78 is 4.90. The fourth-order valence-electron chi connectivity index (χ4n) is 1.88. The average Bonchev–Trinajstić information content (AvgIpc) is 2.84. The first-order valence-electron chi connectivity index (χ1n) is 6.59. The van der Waals surface area contributed by atoms with Gasteiger partial charge in [0.05, 0.1) is 12.2 Å². The molecular weight excluding hydrogens is 292 g/mol. The summed E-state index contributed by atoms with van der Waals surface area (Å²) in [6.07, 6.45) is 0. The van der Waals surface area contributed by atoms with Crippen LogP contribution in [-0.4, -0.2) is 47.5 Å². The van der Waals surface area contributed by atoms with Crippen molar-refractivity contribution >= 4 is 34.6 Å². The fraction of sp³-hybridized carbons (Fsp3) is 0.357. The zero-order valence-electron chi connectivity index (χ0n) is 11.6. The van der Waals surface area contributed by atoms with Crippen LogP contribution in [0.1, 0.15) is 17.3 Å². The van der Waals surface area contributed by atoms with E-state index >= 15 is 0 Å². The molecule has 2 rings (SSSR count). The van der Waals surface area contributed by atoms with Crippen molar-refractivity contribution in [1.29, 1.82) is 0 Å². The van der Waals surface area contributed by atoms with E-state index < -0.39 is 5.97 Å². The van der Waals surface area contributed by atoms with Crippen molar-refractivity contribution in [1.82, 2.24) is 4.90 Å². The number of esters is 1. The minimum Gasteiger partial charge on any atom is -0.462 e. The molecule has 0 atom stereocenters. The Labute approximate surface area is 126 Å². The SMILES string of the molecule is CCOC(=O)c1cccc(NC(=O)CN2CCSC2=O)c1. The summed E-state index contributed by atoms with van der Waals surface area (Å²) in [7, 11) is 0. The summed E-state index contributed by atoms with van der Waals surface area (Å²) in [5.41, 5.74) is 0.882. The Kier molecular flexibility index (Phi) is 5.21. The van der Waals surface area contributed by atoms with Gasteiger partial charge in [-0.15, -0.1) is 0 Å². The molecule has 112 valence electrons. The molecule has 7 heteroatoms. The smallest absolute Gasteiger partial charge is 0.338 e. The number of carbonyl (C=O) groups is 3. The van der Waals surface area contributed by atoms with E-state index in [1.54, 1.807) is 31.2 Å². The van der Waals surface area contributed by atoms with Gasteiger partial charge in [-0.1, -0.05) is 17.8 Å². The molecule has 0 saturated carbocycles. The Balaban J connectivity index is 1.96. The molecule has 1 saturated heterocycles. The number of amides is 2. The summed E-state index contributed by atoms with van der Waals surface area (Å²) >= 11 is 1.21. The standard InChI is InChI=1S/C14H16N2O4S/c1-2-20-13(18)10-4-3-5-11(8-10)15-12(17)9-16-6-7-21-14(16)19/h3-5,8H,2,6-7,9H2,1H3,(H,15,17). The van der Waals surface area contributed by atoms with Crippen LogP contribution in [-0.2, 0) is 9.53 Å². The zero-order valence-corrected chi connectivity index (χ0v) is 12.4. The quantitative estimate of drug-likeness (QED) is 0.842. The molecule has 0 aromatic heterocycles. The summed E-state index contributed by atoms with van der Waals surface area (Å²) in [6.45, 7) is 2.63. The predicted molar refractivity (Wildman–Crippen MR) is 80.5 cm³/mol. The van der Waals surface area contributed by atoms with Crippen molar-refractivity contribution in [2.24, 2.45) is 0 Å². The summed E-state index contributed by atoms with van der Waals surface area (Å²) in [5, 5.41) is 2.60. The molecule has 0 bridgehead atoms. The summed E-state index contributed by atoms with van der Waals surface area (Å²) in [4.78, 5) is 36.4. The fourth-order valence-corrected chi connectivity index (χ4v) is 2.71. The highest BCUT2D eigenvalue weighted by atomic mass is 32.2. The minimum absolute atomic E-state index is 0.0233. The monoisotopic (exact) mass is 308 g/mol. The molecule has 1 aliphatic rings. The third kappa shape index (κ3) is 4.22. The van der Waals surface area contributed by atoms with Crippen molar-refractivity contribution in [3.05, 3.63) is 29.8 Å². The maximum absolute atomic E-state index is 11.9. The van der Waals surface area contributed by atoms with E-state index in [-0.39, 0.29) is 17.7 Å². The molecule has 0 aliphatic carbocycles. The van der Waals surface area contributed by atoms with Crippen LogP contribution in [0.5, 0.6) is 0 Å². The van der Waals surface area contributed by atoms with Crippen LogP contribution in [0.3, 0.4) is 0 Å². The van der Waals surface area contributed by atoms with Crippen molar-refractivity contribution in [2.45, 2.75) is 6.92 Å². The zero-order chi connectivity index (χ0) is 15.2. The number of anilines is 1. The Morgan fingerprint density at radius 2 is 2.24 bits per heavy atom. The number of nitrogens with zero attached hydrogens (tertiary/aromatic N) is 1. The molecule has 21 heavy (non-hydrogen) atoms. The van der Waals surface area contributed by atoms with Crippen molar-refractivity contribution in [3.63, 3.8) is 0 Å². The van der Waals surface area contributed by atoms with Gasteiger partial charge in [-0.2, -0.15) is 0 Å². The molecule has 6 nitrogen and oxygen atoms in total. The second-order valence-electron chi connectivity index (χ2n) is 4.39. The van der Waals surface area contributed by atoms with Gasteiger partial charge < -0.3 is 15.0 Å². The van der Waals surface area contributed by atoms with Crippen molar-refractivity contribution < 1.29 is 19.1 Å². The van der Waals surface area contributed by atoms with Gasteiger partial charge in [0.15, 0.2) is 0 Å². The number of rotatable bonds is 5. The van der Waals surface area contributed by atoms with Crippen LogP contribution in [0.15, 0.2) is 24.3 Å². The van der Waals surface area contributed by atoms with Crippen LogP contribution in [0.25, 0.3) is 0 Å². The van der Waals surface area contributed by atoms with E-state index in [4.69, 9.17) is 4.74 Å². The van der Waals surface area contributed by atoms with Crippen LogP contribution in [0, 0.1) is 0 Å². The van der Waals surface area contributed by atoms with E-state index in [0.717, 1.165) is 0 Å². The van der Waals surface area contributed by atoms with Gasteiger partial charge in [-0.3, -0.25) is 9.59 Å². The van der Waals surface area contributed by atoms with E-state index in [0.29, 0.717) is 30.2 Å². The number of hydrogen-bond donors (Lipinski definition) is 1. The number of benzene rings is 1. The van der Waals surface area contributed by atoms with Gasteiger partial charge in [0.2, 0.25) is 5.91 Å². The van der Waals surface area contributed by atoms with E-state index in [1.807, 2.05) is 0 Å². The van der Waals surface area contributed by atoms with Crippen LogP contribution >= 0.6 is 11.8 Å². The molecular formula is C14H16N2O4S. The molecule has 1 fully saturated rings. The first-order chi connectivity index (χ1) is 10.1. The molecule has 1 aliphatic heterocycles. The molecule has 1 heterocycles. The predicted octanol–water partition coefficient (Wildman–Crippen LogP) is 1.97. The highest BCUT2D eigenvalue weighted by Gasteiger charge is 2.23. The lowest BCUT2D eigenvalue weighted by molar-refractivity contribution is -0.116. The Morgan fingerprint density at radius 3 is 2.90 bits per heavy atom. The Bertz CT molecular complexity index is 562. The first-order valence-corrected chi connectivity index (χ1v) is 7.57. The Morgan fingerprint density at radius 1 is 1.43 bits per heavy atom. The molecule has 2 amide bonds. The second-order valence-corrected chi connectivity index (χ2v) is 5.43. The minimum atomic E-state index is -0.431. The number of carbonyl (C=O) groups excluding carboxylic acids is 3. The van der Waals surface area contributed by atoms with Gasteiger partial charge in [-0.25, -0.2) is 4.79 Å².